The maximum atomic E-state index is 12.4. The minimum absolute atomic E-state index is 0.0604. The zero-order chi connectivity index (χ0) is 13.5. The molecule has 1 saturated carbocycles. The molecule has 1 atom stereocenters. The number of benzene rings is 1. The highest BCUT2D eigenvalue weighted by Crippen LogP contribution is 2.30. The third kappa shape index (κ3) is 2.83. The lowest BCUT2D eigenvalue weighted by molar-refractivity contribution is 0.322. The second kappa shape index (κ2) is 4.89. The summed E-state index contributed by atoms with van der Waals surface area (Å²) in [6, 6.07) is 7.91. The van der Waals surface area contributed by atoms with Gasteiger partial charge in [0, 0.05) is 25.2 Å². The summed E-state index contributed by atoms with van der Waals surface area (Å²) in [4.78, 5) is 2.81. The van der Waals surface area contributed by atoms with Crippen molar-refractivity contribution in [3.63, 3.8) is 0 Å². The van der Waals surface area contributed by atoms with Gasteiger partial charge < -0.3 is 0 Å². The first-order valence-corrected chi connectivity index (χ1v) is 8.36. The number of sulfonamides is 1. The van der Waals surface area contributed by atoms with Crippen molar-refractivity contribution in [1.82, 2.24) is 9.62 Å². The van der Waals surface area contributed by atoms with Crippen molar-refractivity contribution >= 4 is 10.0 Å². The highest BCUT2D eigenvalue weighted by Gasteiger charge is 2.35. The van der Waals surface area contributed by atoms with E-state index < -0.39 is 10.0 Å². The Kier molecular flexibility index (Phi) is 3.37. The molecule has 3 rings (SSSR count). The van der Waals surface area contributed by atoms with E-state index in [1.165, 1.54) is 12.8 Å². The Morgan fingerprint density at radius 3 is 2.63 bits per heavy atom. The van der Waals surface area contributed by atoms with Gasteiger partial charge in [-0.2, -0.15) is 0 Å². The number of hydrogen-bond acceptors (Lipinski definition) is 3. The molecule has 1 aromatic rings. The standard InChI is InChI=1S/C14H20N2O2S/c1-11-4-2-3-5-14(11)19(17,18)15-12-8-9-16(10-12)13-6-7-13/h2-5,12-13,15H,6-10H2,1H3. The topological polar surface area (TPSA) is 49.4 Å². The molecule has 0 amide bonds. The van der Waals surface area contributed by atoms with Crippen LogP contribution < -0.4 is 4.72 Å². The van der Waals surface area contributed by atoms with Gasteiger partial charge in [0.2, 0.25) is 10.0 Å². The normalized spacial score (nSPS) is 24.8. The van der Waals surface area contributed by atoms with Crippen LogP contribution >= 0.6 is 0 Å². The molecule has 4 nitrogen and oxygen atoms in total. The molecule has 0 radical (unpaired) electrons. The van der Waals surface area contributed by atoms with E-state index in [2.05, 4.69) is 9.62 Å². The number of nitrogens with zero attached hydrogens (tertiary/aromatic N) is 1. The molecule has 104 valence electrons. The Morgan fingerprint density at radius 2 is 1.95 bits per heavy atom. The fourth-order valence-corrected chi connectivity index (χ4v) is 4.30. The molecule has 2 aliphatic rings. The molecule has 1 aliphatic carbocycles. The van der Waals surface area contributed by atoms with Gasteiger partial charge in [-0.1, -0.05) is 18.2 Å². The summed E-state index contributed by atoms with van der Waals surface area (Å²) in [6.07, 6.45) is 3.47. The number of aryl methyl sites for hydroxylation is 1. The number of nitrogens with one attached hydrogen (secondary N) is 1. The monoisotopic (exact) mass is 280 g/mol. The SMILES string of the molecule is Cc1ccccc1S(=O)(=O)NC1CCN(C2CC2)C1. The molecule has 1 N–H and O–H groups in total. The molecule has 0 aromatic heterocycles. The summed E-state index contributed by atoms with van der Waals surface area (Å²) in [5.41, 5.74) is 0.798. The van der Waals surface area contributed by atoms with Crippen molar-refractivity contribution in [2.45, 2.75) is 43.2 Å². The Balaban J connectivity index is 1.70. The lowest BCUT2D eigenvalue weighted by Gasteiger charge is -2.16. The highest BCUT2D eigenvalue weighted by atomic mass is 32.2. The van der Waals surface area contributed by atoms with Gasteiger partial charge in [0.15, 0.2) is 0 Å². The third-order valence-electron chi connectivity index (χ3n) is 3.99. The van der Waals surface area contributed by atoms with Gasteiger partial charge in [0.05, 0.1) is 4.90 Å². The lowest BCUT2D eigenvalue weighted by atomic mass is 10.2. The van der Waals surface area contributed by atoms with Gasteiger partial charge in [-0.15, -0.1) is 0 Å². The van der Waals surface area contributed by atoms with Crippen LogP contribution in [-0.2, 0) is 10.0 Å². The van der Waals surface area contributed by atoms with Gasteiger partial charge in [0.1, 0.15) is 0 Å². The molecule has 1 saturated heterocycles. The first kappa shape index (κ1) is 13.1. The van der Waals surface area contributed by atoms with Crippen LogP contribution in [0.4, 0.5) is 0 Å². The van der Waals surface area contributed by atoms with Gasteiger partial charge in [-0.25, -0.2) is 13.1 Å². The summed E-state index contributed by atoms with van der Waals surface area (Å²) in [6.45, 7) is 3.71. The van der Waals surface area contributed by atoms with E-state index in [0.717, 1.165) is 25.1 Å². The summed E-state index contributed by atoms with van der Waals surface area (Å²) in [7, 11) is -3.38. The zero-order valence-corrected chi connectivity index (χ0v) is 12.0. The van der Waals surface area contributed by atoms with Crippen LogP contribution in [0, 0.1) is 6.92 Å². The molecule has 1 aliphatic heterocycles. The predicted molar refractivity (Wildman–Crippen MR) is 74.5 cm³/mol. The minimum atomic E-state index is -3.38. The van der Waals surface area contributed by atoms with Crippen molar-refractivity contribution in [1.29, 1.82) is 0 Å². The van der Waals surface area contributed by atoms with Gasteiger partial charge in [-0.05, 0) is 37.8 Å². The zero-order valence-electron chi connectivity index (χ0n) is 11.2. The van der Waals surface area contributed by atoms with Crippen LogP contribution in [0.3, 0.4) is 0 Å². The van der Waals surface area contributed by atoms with Crippen LogP contribution in [0.2, 0.25) is 0 Å². The average molecular weight is 280 g/mol. The summed E-state index contributed by atoms with van der Waals surface area (Å²) < 4.78 is 27.6. The van der Waals surface area contributed by atoms with E-state index in [0.29, 0.717) is 10.9 Å². The molecular weight excluding hydrogens is 260 g/mol. The third-order valence-corrected chi connectivity index (χ3v) is 5.67. The predicted octanol–water partition coefficient (Wildman–Crippen LogP) is 1.51. The minimum Gasteiger partial charge on any atom is -0.299 e. The first-order valence-electron chi connectivity index (χ1n) is 6.88. The van der Waals surface area contributed by atoms with Crippen LogP contribution in [0.5, 0.6) is 0 Å². The number of likely N-dealkylation sites (tertiary alicyclic amines) is 1. The largest absolute Gasteiger partial charge is 0.299 e. The molecule has 0 spiro atoms. The van der Waals surface area contributed by atoms with Gasteiger partial charge in [-0.3, -0.25) is 4.90 Å². The fourth-order valence-electron chi connectivity index (χ4n) is 2.80. The Hall–Kier alpha value is -0.910. The van der Waals surface area contributed by atoms with Crippen LogP contribution in [0.25, 0.3) is 0 Å². The molecule has 0 bridgehead atoms. The van der Waals surface area contributed by atoms with Crippen molar-refractivity contribution in [3.8, 4) is 0 Å². The highest BCUT2D eigenvalue weighted by molar-refractivity contribution is 7.89. The van der Waals surface area contributed by atoms with Crippen molar-refractivity contribution in [2.24, 2.45) is 0 Å². The molecular formula is C14H20N2O2S. The second-order valence-electron chi connectivity index (χ2n) is 5.60. The molecule has 2 fully saturated rings. The molecule has 1 heterocycles. The van der Waals surface area contributed by atoms with E-state index in [9.17, 15) is 8.42 Å². The average Bonchev–Trinajstić information content (AvgIpc) is 3.11. The van der Waals surface area contributed by atoms with E-state index in [1.54, 1.807) is 12.1 Å². The summed E-state index contributed by atoms with van der Waals surface area (Å²) in [5.74, 6) is 0. The van der Waals surface area contributed by atoms with Crippen LogP contribution in [0.15, 0.2) is 29.2 Å². The van der Waals surface area contributed by atoms with Gasteiger partial charge >= 0.3 is 0 Å². The fraction of sp³-hybridized carbons (Fsp3) is 0.571. The smallest absolute Gasteiger partial charge is 0.241 e. The number of rotatable bonds is 4. The van der Waals surface area contributed by atoms with Crippen molar-refractivity contribution < 1.29 is 8.42 Å². The van der Waals surface area contributed by atoms with Crippen molar-refractivity contribution in [3.05, 3.63) is 29.8 Å². The molecule has 1 unspecified atom stereocenters. The van der Waals surface area contributed by atoms with E-state index in [-0.39, 0.29) is 6.04 Å². The van der Waals surface area contributed by atoms with Crippen molar-refractivity contribution in [2.75, 3.05) is 13.1 Å². The van der Waals surface area contributed by atoms with Crippen LogP contribution in [-0.4, -0.2) is 38.5 Å². The second-order valence-corrected chi connectivity index (χ2v) is 7.28. The first-order chi connectivity index (χ1) is 9.06. The van der Waals surface area contributed by atoms with E-state index >= 15 is 0 Å². The lowest BCUT2D eigenvalue weighted by Crippen LogP contribution is -2.37. The molecule has 5 heteroatoms. The molecule has 19 heavy (non-hydrogen) atoms. The maximum Gasteiger partial charge on any atom is 0.241 e. The summed E-state index contributed by atoms with van der Waals surface area (Å²) in [5, 5.41) is 0. The van der Waals surface area contributed by atoms with Crippen LogP contribution in [0.1, 0.15) is 24.8 Å². The molecule has 1 aromatic carbocycles. The Labute approximate surface area is 114 Å². The Bertz CT molecular complexity index is 567. The number of hydrogen-bond donors (Lipinski definition) is 1. The summed E-state index contributed by atoms with van der Waals surface area (Å²) >= 11 is 0. The Morgan fingerprint density at radius 1 is 1.21 bits per heavy atom. The van der Waals surface area contributed by atoms with E-state index in [4.69, 9.17) is 0 Å². The van der Waals surface area contributed by atoms with Gasteiger partial charge in [0.25, 0.3) is 0 Å². The maximum absolute atomic E-state index is 12.4. The van der Waals surface area contributed by atoms with E-state index in [1.807, 2.05) is 19.1 Å². The quantitative estimate of drug-likeness (QED) is 0.909.